The van der Waals surface area contributed by atoms with Crippen LogP contribution in [0.1, 0.15) is 11.1 Å². The van der Waals surface area contributed by atoms with Crippen molar-refractivity contribution in [3.8, 4) is 0 Å². The van der Waals surface area contributed by atoms with Gasteiger partial charge < -0.3 is 5.11 Å². The van der Waals surface area contributed by atoms with Crippen LogP contribution in [0, 0.1) is 0 Å². The van der Waals surface area contributed by atoms with Gasteiger partial charge in [-0.05, 0) is 11.1 Å². The summed E-state index contributed by atoms with van der Waals surface area (Å²) in [5.74, 6) is 0. The van der Waals surface area contributed by atoms with Crippen LogP contribution in [-0.2, 0) is 23.2 Å². The van der Waals surface area contributed by atoms with Crippen LogP contribution in [0.4, 0.5) is 0 Å². The Morgan fingerprint density at radius 1 is 1.36 bits per heavy atom. The first-order valence-electron chi connectivity index (χ1n) is 4.14. The van der Waals surface area contributed by atoms with Crippen molar-refractivity contribution in [3.63, 3.8) is 0 Å². The fourth-order valence-electron chi connectivity index (χ4n) is 1.05. The Bertz CT molecular complexity index is 400. The van der Waals surface area contributed by atoms with Gasteiger partial charge in [0.05, 0.1) is 12.9 Å². The number of rotatable bonds is 4. The third-order valence-electron chi connectivity index (χ3n) is 1.71. The van der Waals surface area contributed by atoms with Crippen molar-refractivity contribution in [1.29, 1.82) is 0 Å². The molecule has 0 unspecified atom stereocenters. The van der Waals surface area contributed by atoms with E-state index in [1.54, 1.807) is 24.3 Å². The van der Waals surface area contributed by atoms with E-state index in [2.05, 4.69) is 4.72 Å². The minimum absolute atomic E-state index is 0.0350. The molecule has 0 fully saturated rings. The van der Waals surface area contributed by atoms with Gasteiger partial charge in [-0.15, -0.1) is 0 Å². The van der Waals surface area contributed by atoms with Gasteiger partial charge in [-0.2, -0.15) is 0 Å². The number of aliphatic hydroxyl groups is 1. The van der Waals surface area contributed by atoms with Crippen LogP contribution in [0.2, 0.25) is 0 Å². The summed E-state index contributed by atoms with van der Waals surface area (Å²) < 4.78 is 24.0. The lowest BCUT2D eigenvalue weighted by Gasteiger charge is -2.03. The minimum atomic E-state index is -3.15. The molecule has 0 heterocycles. The molecule has 0 aliphatic heterocycles. The zero-order valence-corrected chi connectivity index (χ0v) is 8.71. The first kappa shape index (κ1) is 11.2. The Hall–Kier alpha value is -0.910. The maximum absolute atomic E-state index is 10.8. The van der Waals surface area contributed by atoms with Crippen LogP contribution < -0.4 is 4.72 Å². The molecule has 1 aromatic carbocycles. The van der Waals surface area contributed by atoms with E-state index in [4.69, 9.17) is 5.11 Å². The lowest BCUT2D eigenvalue weighted by Crippen LogP contribution is -2.21. The smallest absolute Gasteiger partial charge is 0.209 e. The molecule has 0 amide bonds. The van der Waals surface area contributed by atoms with Crippen molar-refractivity contribution in [1.82, 2.24) is 4.72 Å². The summed E-state index contributed by atoms with van der Waals surface area (Å²) in [5.41, 5.74) is 1.61. The van der Waals surface area contributed by atoms with E-state index in [0.717, 1.165) is 17.4 Å². The quantitative estimate of drug-likeness (QED) is 0.755. The van der Waals surface area contributed by atoms with E-state index in [0.29, 0.717) is 0 Å². The molecule has 0 aliphatic rings. The molecule has 1 aromatic rings. The zero-order chi connectivity index (χ0) is 10.6. The van der Waals surface area contributed by atoms with Crippen molar-refractivity contribution in [2.45, 2.75) is 13.2 Å². The molecule has 0 spiro atoms. The molecule has 78 valence electrons. The highest BCUT2D eigenvalue weighted by Gasteiger charge is 2.00. The Labute approximate surface area is 83.6 Å². The molecule has 0 atom stereocenters. The molecular weight excluding hydrogens is 202 g/mol. The topological polar surface area (TPSA) is 66.4 Å². The molecule has 14 heavy (non-hydrogen) atoms. The molecule has 5 heteroatoms. The van der Waals surface area contributed by atoms with Crippen LogP contribution in [0.25, 0.3) is 0 Å². The lowest BCUT2D eigenvalue weighted by molar-refractivity contribution is 0.281. The van der Waals surface area contributed by atoms with Gasteiger partial charge in [-0.1, -0.05) is 24.3 Å². The highest BCUT2D eigenvalue weighted by Crippen LogP contribution is 2.04. The monoisotopic (exact) mass is 215 g/mol. The summed E-state index contributed by atoms with van der Waals surface area (Å²) in [4.78, 5) is 0. The van der Waals surface area contributed by atoms with Crippen LogP contribution in [0.5, 0.6) is 0 Å². The molecule has 0 aliphatic carbocycles. The highest BCUT2D eigenvalue weighted by molar-refractivity contribution is 7.88. The first-order valence-corrected chi connectivity index (χ1v) is 6.04. The fourth-order valence-corrected chi connectivity index (χ4v) is 1.48. The third-order valence-corrected chi connectivity index (χ3v) is 2.38. The van der Waals surface area contributed by atoms with Crippen molar-refractivity contribution in [2.75, 3.05) is 6.26 Å². The predicted molar refractivity (Wildman–Crippen MR) is 54.0 cm³/mol. The second-order valence-corrected chi connectivity index (χ2v) is 4.90. The first-order chi connectivity index (χ1) is 6.51. The average Bonchev–Trinajstić information content (AvgIpc) is 2.14. The van der Waals surface area contributed by atoms with Crippen LogP contribution in [-0.4, -0.2) is 19.8 Å². The van der Waals surface area contributed by atoms with Gasteiger partial charge in [0.15, 0.2) is 0 Å². The number of nitrogens with one attached hydrogen (secondary N) is 1. The summed E-state index contributed by atoms with van der Waals surface area (Å²) in [5, 5.41) is 8.85. The molecule has 2 N–H and O–H groups in total. The van der Waals surface area contributed by atoms with Crippen LogP contribution in [0.15, 0.2) is 24.3 Å². The number of hydrogen-bond acceptors (Lipinski definition) is 3. The minimum Gasteiger partial charge on any atom is -0.392 e. The molecule has 0 saturated heterocycles. The summed E-state index contributed by atoms with van der Waals surface area (Å²) in [6, 6.07) is 7.13. The van der Waals surface area contributed by atoms with E-state index < -0.39 is 10.0 Å². The molecule has 0 bridgehead atoms. The average molecular weight is 215 g/mol. The molecule has 0 radical (unpaired) electrons. The van der Waals surface area contributed by atoms with Gasteiger partial charge >= 0.3 is 0 Å². The number of aliphatic hydroxyl groups excluding tert-OH is 1. The largest absolute Gasteiger partial charge is 0.392 e. The Balaban J connectivity index is 2.68. The summed E-state index contributed by atoms with van der Waals surface area (Å²) in [6.07, 6.45) is 1.11. The molecule has 1 rings (SSSR count). The van der Waals surface area contributed by atoms with Gasteiger partial charge in [0.25, 0.3) is 0 Å². The SMILES string of the molecule is CS(=O)(=O)NCc1cccc(CO)c1. The van der Waals surface area contributed by atoms with Crippen molar-refractivity contribution < 1.29 is 13.5 Å². The van der Waals surface area contributed by atoms with Crippen LogP contribution >= 0.6 is 0 Å². The van der Waals surface area contributed by atoms with Crippen LogP contribution in [0.3, 0.4) is 0 Å². The Morgan fingerprint density at radius 3 is 2.57 bits per heavy atom. The van der Waals surface area contributed by atoms with Crippen molar-refractivity contribution in [2.24, 2.45) is 0 Å². The maximum atomic E-state index is 10.8. The maximum Gasteiger partial charge on any atom is 0.209 e. The van der Waals surface area contributed by atoms with Gasteiger partial charge in [-0.3, -0.25) is 0 Å². The molecule has 4 nitrogen and oxygen atoms in total. The van der Waals surface area contributed by atoms with Gasteiger partial charge in [0, 0.05) is 6.54 Å². The Kier molecular flexibility index (Phi) is 3.62. The van der Waals surface area contributed by atoms with E-state index in [1.165, 1.54) is 0 Å². The molecule has 0 saturated carbocycles. The molecule has 0 aromatic heterocycles. The summed E-state index contributed by atoms with van der Waals surface area (Å²) in [7, 11) is -3.15. The molecular formula is C9H13NO3S. The second-order valence-electron chi connectivity index (χ2n) is 3.07. The fraction of sp³-hybridized carbons (Fsp3) is 0.333. The van der Waals surface area contributed by atoms with Crippen molar-refractivity contribution >= 4 is 10.0 Å². The third kappa shape index (κ3) is 3.87. The lowest BCUT2D eigenvalue weighted by atomic mass is 10.1. The second kappa shape index (κ2) is 4.54. The highest BCUT2D eigenvalue weighted by atomic mass is 32.2. The van der Waals surface area contributed by atoms with Crippen molar-refractivity contribution in [3.05, 3.63) is 35.4 Å². The zero-order valence-electron chi connectivity index (χ0n) is 7.90. The van der Waals surface area contributed by atoms with Gasteiger partial charge in [0.1, 0.15) is 0 Å². The predicted octanol–water partition coefficient (Wildman–Crippen LogP) is 0.228. The van der Waals surface area contributed by atoms with E-state index in [-0.39, 0.29) is 13.2 Å². The number of sulfonamides is 1. The normalized spacial score (nSPS) is 11.6. The van der Waals surface area contributed by atoms with E-state index in [9.17, 15) is 8.42 Å². The van der Waals surface area contributed by atoms with E-state index in [1.807, 2.05) is 0 Å². The number of hydrogen-bond donors (Lipinski definition) is 2. The summed E-state index contributed by atoms with van der Waals surface area (Å²) >= 11 is 0. The standard InChI is InChI=1S/C9H13NO3S/c1-14(12,13)10-6-8-3-2-4-9(5-8)7-11/h2-5,10-11H,6-7H2,1H3. The number of benzene rings is 1. The van der Waals surface area contributed by atoms with Gasteiger partial charge in [0.2, 0.25) is 10.0 Å². The Morgan fingerprint density at radius 2 is 2.00 bits per heavy atom. The van der Waals surface area contributed by atoms with E-state index >= 15 is 0 Å². The van der Waals surface area contributed by atoms with Gasteiger partial charge in [-0.25, -0.2) is 13.1 Å². The summed E-state index contributed by atoms with van der Waals surface area (Å²) in [6.45, 7) is 0.222.